The molecular weight excluding hydrogens is 164 g/mol. The maximum Gasteiger partial charge on any atom is 0.123 e. The molecule has 2 nitrogen and oxygen atoms in total. The van der Waals surface area contributed by atoms with Crippen LogP contribution in [0.15, 0.2) is 24.3 Å². The average molecular weight is 176 g/mol. The average Bonchev–Trinajstić information content (AvgIpc) is 2.62. The summed E-state index contributed by atoms with van der Waals surface area (Å²) in [5.74, 6) is 0.986. The second-order valence-electron chi connectivity index (χ2n) is 3.01. The minimum absolute atomic E-state index is 0.0878. The lowest BCUT2D eigenvalue weighted by Gasteiger charge is -2.01. The summed E-state index contributed by atoms with van der Waals surface area (Å²) in [6, 6.07) is 6.00. The number of hydrogen-bond donors (Lipinski definition) is 1. The van der Waals surface area contributed by atoms with Crippen molar-refractivity contribution >= 4 is 6.08 Å². The second-order valence-corrected chi connectivity index (χ2v) is 3.01. The van der Waals surface area contributed by atoms with Crippen LogP contribution >= 0.6 is 0 Å². The van der Waals surface area contributed by atoms with E-state index in [0.29, 0.717) is 0 Å². The van der Waals surface area contributed by atoms with Gasteiger partial charge in [-0.15, -0.1) is 0 Å². The molecule has 0 fully saturated rings. The van der Waals surface area contributed by atoms with Crippen LogP contribution in [0.25, 0.3) is 6.08 Å². The maximum atomic E-state index is 8.66. The third-order valence-corrected chi connectivity index (χ3v) is 2.18. The van der Waals surface area contributed by atoms with Crippen LogP contribution in [0.4, 0.5) is 0 Å². The fourth-order valence-corrected chi connectivity index (χ4v) is 1.58. The number of hydrogen-bond acceptors (Lipinski definition) is 2. The van der Waals surface area contributed by atoms with Gasteiger partial charge in [-0.05, 0) is 11.6 Å². The van der Waals surface area contributed by atoms with Crippen molar-refractivity contribution in [3.63, 3.8) is 0 Å². The molecule has 0 atom stereocenters. The quantitative estimate of drug-likeness (QED) is 0.742. The summed E-state index contributed by atoms with van der Waals surface area (Å²) in [6.45, 7) is 0.865. The van der Waals surface area contributed by atoms with Crippen molar-refractivity contribution in [1.29, 1.82) is 0 Å². The second kappa shape index (κ2) is 3.62. The summed E-state index contributed by atoms with van der Waals surface area (Å²) in [5.41, 5.74) is 2.41. The molecule has 0 aliphatic carbocycles. The number of fused-ring (bicyclic) bond motifs is 1. The van der Waals surface area contributed by atoms with E-state index in [4.69, 9.17) is 9.84 Å². The fourth-order valence-electron chi connectivity index (χ4n) is 1.58. The number of aliphatic hydroxyl groups is 1. The Hall–Kier alpha value is -1.28. The Bertz CT molecular complexity index is 329. The number of benzene rings is 1. The molecule has 1 aromatic rings. The summed E-state index contributed by atoms with van der Waals surface area (Å²) < 4.78 is 5.42. The molecule has 1 aliphatic heterocycles. The van der Waals surface area contributed by atoms with E-state index in [2.05, 4.69) is 0 Å². The van der Waals surface area contributed by atoms with Crippen molar-refractivity contribution in [3.8, 4) is 5.75 Å². The SMILES string of the molecule is OC/C=C\c1cccc2c1CCO2. The molecule has 1 aliphatic rings. The fraction of sp³-hybridized carbons (Fsp3) is 0.273. The van der Waals surface area contributed by atoms with E-state index in [1.54, 1.807) is 6.08 Å². The molecule has 0 unspecified atom stereocenters. The summed E-state index contributed by atoms with van der Waals surface area (Å²) in [6.07, 6.45) is 4.66. The van der Waals surface area contributed by atoms with Gasteiger partial charge in [-0.2, -0.15) is 0 Å². The normalized spacial score (nSPS) is 14.5. The predicted molar refractivity (Wildman–Crippen MR) is 51.8 cm³/mol. The van der Waals surface area contributed by atoms with Gasteiger partial charge in [0.15, 0.2) is 0 Å². The molecule has 0 radical (unpaired) electrons. The highest BCUT2D eigenvalue weighted by molar-refractivity contribution is 5.59. The largest absolute Gasteiger partial charge is 0.493 e. The van der Waals surface area contributed by atoms with Crippen LogP contribution in [0, 0.1) is 0 Å². The Morgan fingerprint density at radius 1 is 1.46 bits per heavy atom. The highest BCUT2D eigenvalue weighted by atomic mass is 16.5. The summed E-state index contributed by atoms with van der Waals surface area (Å²) in [7, 11) is 0. The molecule has 2 rings (SSSR count). The van der Waals surface area contributed by atoms with Crippen LogP contribution in [-0.2, 0) is 6.42 Å². The molecule has 2 heteroatoms. The first kappa shape index (κ1) is 8.32. The van der Waals surface area contributed by atoms with Crippen molar-refractivity contribution in [2.45, 2.75) is 6.42 Å². The van der Waals surface area contributed by atoms with E-state index in [0.717, 1.165) is 24.3 Å². The van der Waals surface area contributed by atoms with Crippen molar-refractivity contribution in [2.24, 2.45) is 0 Å². The first-order chi connectivity index (χ1) is 6.42. The van der Waals surface area contributed by atoms with Crippen molar-refractivity contribution in [2.75, 3.05) is 13.2 Å². The van der Waals surface area contributed by atoms with Gasteiger partial charge >= 0.3 is 0 Å². The van der Waals surface area contributed by atoms with Crippen molar-refractivity contribution in [3.05, 3.63) is 35.4 Å². The molecule has 0 saturated carbocycles. The highest BCUT2D eigenvalue weighted by Crippen LogP contribution is 2.28. The first-order valence-electron chi connectivity index (χ1n) is 4.44. The molecule has 0 spiro atoms. The molecule has 0 amide bonds. The summed E-state index contributed by atoms with van der Waals surface area (Å²) in [5, 5.41) is 8.66. The molecule has 1 heterocycles. The van der Waals surface area contributed by atoms with E-state index < -0.39 is 0 Å². The Balaban J connectivity index is 2.36. The zero-order chi connectivity index (χ0) is 9.10. The van der Waals surface area contributed by atoms with E-state index >= 15 is 0 Å². The van der Waals surface area contributed by atoms with Gasteiger partial charge in [-0.1, -0.05) is 24.3 Å². The summed E-state index contributed by atoms with van der Waals surface area (Å²) in [4.78, 5) is 0. The van der Waals surface area contributed by atoms with Crippen LogP contribution < -0.4 is 4.74 Å². The van der Waals surface area contributed by atoms with E-state index in [9.17, 15) is 0 Å². The number of rotatable bonds is 2. The van der Waals surface area contributed by atoms with Gasteiger partial charge in [0.05, 0.1) is 13.2 Å². The number of ether oxygens (including phenoxy) is 1. The summed E-state index contributed by atoms with van der Waals surface area (Å²) >= 11 is 0. The predicted octanol–water partition coefficient (Wildman–Crippen LogP) is 1.63. The Morgan fingerprint density at radius 2 is 2.38 bits per heavy atom. The monoisotopic (exact) mass is 176 g/mol. The lowest BCUT2D eigenvalue weighted by atomic mass is 10.1. The maximum absolute atomic E-state index is 8.66. The van der Waals surface area contributed by atoms with Gasteiger partial charge in [0.25, 0.3) is 0 Å². The third kappa shape index (κ3) is 1.58. The zero-order valence-electron chi connectivity index (χ0n) is 7.36. The molecule has 0 saturated heterocycles. The van der Waals surface area contributed by atoms with E-state index in [1.807, 2.05) is 24.3 Å². The molecule has 1 N–H and O–H groups in total. The van der Waals surface area contributed by atoms with Gasteiger partial charge in [-0.25, -0.2) is 0 Å². The Morgan fingerprint density at radius 3 is 3.23 bits per heavy atom. The van der Waals surface area contributed by atoms with Gasteiger partial charge in [-0.3, -0.25) is 0 Å². The zero-order valence-corrected chi connectivity index (χ0v) is 7.36. The number of aliphatic hydroxyl groups excluding tert-OH is 1. The van der Waals surface area contributed by atoms with Crippen LogP contribution in [-0.4, -0.2) is 18.3 Å². The van der Waals surface area contributed by atoms with Crippen molar-refractivity contribution < 1.29 is 9.84 Å². The first-order valence-corrected chi connectivity index (χ1v) is 4.44. The third-order valence-electron chi connectivity index (χ3n) is 2.18. The molecule has 1 aromatic carbocycles. The molecular formula is C11H12O2. The van der Waals surface area contributed by atoms with Crippen molar-refractivity contribution in [1.82, 2.24) is 0 Å². The van der Waals surface area contributed by atoms with Crippen LogP contribution in [0.3, 0.4) is 0 Å². The molecule has 0 bridgehead atoms. The smallest absolute Gasteiger partial charge is 0.123 e. The minimum Gasteiger partial charge on any atom is -0.493 e. The van der Waals surface area contributed by atoms with Gasteiger partial charge in [0.2, 0.25) is 0 Å². The standard InChI is InChI=1S/C11H12O2/c12-7-2-4-9-3-1-5-11-10(9)6-8-13-11/h1-5,12H,6-8H2/b4-2-. The van der Waals surface area contributed by atoms with Crippen LogP contribution in [0.1, 0.15) is 11.1 Å². The van der Waals surface area contributed by atoms with Gasteiger partial charge in [0, 0.05) is 12.0 Å². The van der Waals surface area contributed by atoms with Gasteiger partial charge in [0.1, 0.15) is 5.75 Å². The van der Waals surface area contributed by atoms with Gasteiger partial charge < -0.3 is 9.84 Å². The Kier molecular flexibility index (Phi) is 2.32. The molecule has 68 valence electrons. The van der Waals surface area contributed by atoms with E-state index in [1.165, 1.54) is 5.56 Å². The molecule has 13 heavy (non-hydrogen) atoms. The Labute approximate surface area is 77.5 Å². The molecule has 0 aromatic heterocycles. The lowest BCUT2D eigenvalue weighted by Crippen LogP contribution is -1.86. The van der Waals surface area contributed by atoms with E-state index in [-0.39, 0.29) is 6.61 Å². The van der Waals surface area contributed by atoms with Crippen LogP contribution in [0.2, 0.25) is 0 Å². The minimum atomic E-state index is 0.0878. The van der Waals surface area contributed by atoms with Crippen LogP contribution in [0.5, 0.6) is 5.75 Å². The lowest BCUT2D eigenvalue weighted by molar-refractivity contribution is 0.343. The topological polar surface area (TPSA) is 29.5 Å². The highest BCUT2D eigenvalue weighted by Gasteiger charge is 2.13.